The third-order valence-electron chi connectivity index (χ3n) is 4.31. The normalized spacial score (nSPS) is 15.7. The predicted molar refractivity (Wildman–Crippen MR) is 77.3 cm³/mol. The largest absolute Gasteiger partial charge is 0.545 e. The molecule has 1 aliphatic heterocycles. The summed E-state index contributed by atoms with van der Waals surface area (Å²) in [6, 6.07) is 4.71. The Bertz CT molecular complexity index is 758. The zero-order chi connectivity index (χ0) is 15.0. The summed E-state index contributed by atoms with van der Waals surface area (Å²) in [5, 5.41) is 11.6. The van der Waals surface area contributed by atoms with E-state index in [4.69, 9.17) is 0 Å². The SMILES string of the molecule is Cc1[nH]c2c(C(=O)[O-])cccc2c(=O)c1C[NH+]1CCCC1. The van der Waals surface area contributed by atoms with Crippen LogP contribution in [0.1, 0.15) is 34.5 Å². The van der Waals surface area contributed by atoms with Gasteiger partial charge in [-0.1, -0.05) is 12.1 Å². The van der Waals surface area contributed by atoms with Gasteiger partial charge in [0.1, 0.15) is 6.54 Å². The molecule has 110 valence electrons. The maximum atomic E-state index is 12.7. The molecule has 0 amide bonds. The van der Waals surface area contributed by atoms with Crippen LogP contribution in [0, 0.1) is 6.92 Å². The van der Waals surface area contributed by atoms with Gasteiger partial charge in [0.15, 0.2) is 5.43 Å². The van der Waals surface area contributed by atoms with E-state index in [0.29, 0.717) is 17.4 Å². The monoisotopic (exact) mass is 286 g/mol. The first-order valence-corrected chi connectivity index (χ1v) is 7.27. The van der Waals surface area contributed by atoms with E-state index in [9.17, 15) is 14.7 Å². The van der Waals surface area contributed by atoms with E-state index in [2.05, 4.69) is 4.98 Å². The average molecular weight is 286 g/mol. The van der Waals surface area contributed by atoms with E-state index in [-0.39, 0.29) is 11.0 Å². The first kappa shape index (κ1) is 13.8. The summed E-state index contributed by atoms with van der Waals surface area (Å²) in [5.41, 5.74) is 1.84. The Labute approximate surface area is 122 Å². The van der Waals surface area contributed by atoms with Crippen LogP contribution in [0.25, 0.3) is 10.9 Å². The summed E-state index contributed by atoms with van der Waals surface area (Å²) >= 11 is 0. The minimum Gasteiger partial charge on any atom is -0.545 e. The smallest absolute Gasteiger partial charge is 0.198 e. The molecule has 0 bridgehead atoms. The standard InChI is InChI=1S/C16H18N2O3/c1-10-13(9-18-7-2-3-8-18)15(19)11-5-4-6-12(16(20)21)14(11)17-10/h4-6H,2-3,7-9H2,1H3,(H,17,19)(H,20,21). The average Bonchev–Trinajstić information content (AvgIpc) is 2.95. The first-order chi connectivity index (χ1) is 10.1. The summed E-state index contributed by atoms with van der Waals surface area (Å²) in [7, 11) is 0. The van der Waals surface area contributed by atoms with Crippen LogP contribution in [0.5, 0.6) is 0 Å². The molecular formula is C16H18N2O3. The number of fused-ring (bicyclic) bond motifs is 1. The molecule has 1 saturated heterocycles. The second-order valence-electron chi connectivity index (χ2n) is 5.71. The minimum atomic E-state index is -1.27. The fraction of sp³-hybridized carbons (Fsp3) is 0.375. The van der Waals surface area contributed by atoms with Crippen LogP contribution in [-0.2, 0) is 6.54 Å². The maximum Gasteiger partial charge on any atom is 0.198 e. The second-order valence-corrected chi connectivity index (χ2v) is 5.71. The number of aryl methyl sites for hydroxylation is 1. The summed E-state index contributed by atoms with van der Waals surface area (Å²) in [6.45, 7) is 4.72. The van der Waals surface area contributed by atoms with Crippen molar-refractivity contribution in [3.05, 3.63) is 45.2 Å². The van der Waals surface area contributed by atoms with Crippen LogP contribution in [0.4, 0.5) is 0 Å². The zero-order valence-corrected chi connectivity index (χ0v) is 12.0. The second kappa shape index (κ2) is 5.33. The Hall–Kier alpha value is -2.14. The molecule has 2 aromatic rings. The van der Waals surface area contributed by atoms with E-state index in [1.165, 1.54) is 23.8 Å². The highest BCUT2D eigenvalue weighted by Crippen LogP contribution is 2.15. The molecule has 0 spiro atoms. The first-order valence-electron chi connectivity index (χ1n) is 7.27. The number of hydrogen-bond donors (Lipinski definition) is 2. The summed E-state index contributed by atoms with van der Waals surface area (Å²) in [4.78, 5) is 28.3. The predicted octanol–water partition coefficient (Wildman–Crippen LogP) is -0.621. The summed E-state index contributed by atoms with van der Waals surface area (Å²) in [5.74, 6) is -1.27. The van der Waals surface area contributed by atoms with Gasteiger partial charge < -0.3 is 19.8 Å². The topological polar surface area (TPSA) is 77.4 Å². The van der Waals surface area contributed by atoms with Crippen LogP contribution in [0.15, 0.2) is 23.0 Å². The molecule has 3 rings (SSSR count). The molecule has 5 heteroatoms. The molecule has 1 fully saturated rings. The molecule has 2 N–H and O–H groups in total. The lowest BCUT2D eigenvalue weighted by atomic mass is 10.0. The summed E-state index contributed by atoms with van der Waals surface area (Å²) < 4.78 is 0. The van der Waals surface area contributed by atoms with Gasteiger partial charge >= 0.3 is 0 Å². The Morgan fingerprint density at radius 2 is 2.05 bits per heavy atom. The number of pyridine rings is 1. The van der Waals surface area contributed by atoms with Gasteiger partial charge in [0.25, 0.3) is 0 Å². The molecule has 5 nitrogen and oxygen atoms in total. The third kappa shape index (κ3) is 2.45. The van der Waals surface area contributed by atoms with Crippen LogP contribution < -0.4 is 15.4 Å². The number of nitrogens with one attached hydrogen (secondary N) is 2. The van der Waals surface area contributed by atoms with Crippen molar-refractivity contribution in [2.45, 2.75) is 26.3 Å². The van der Waals surface area contributed by atoms with Crippen molar-refractivity contribution in [2.75, 3.05) is 13.1 Å². The number of para-hydroxylation sites is 1. The van der Waals surface area contributed by atoms with E-state index >= 15 is 0 Å². The van der Waals surface area contributed by atoms with E-state index in [0.717, 1.165) is 24.3 Å². The number of carbonyl (C=O) groups is 1. The number of benzene rings is 1. The number of carbonyl (C=O) groups excluding carboxylic acids is 1. The van der Waals surface area contributed by atoms with Crippen molar-refractivity contribution in [2.24, 2.45) is 0 Å². The lowest BCUT2D eigenvalue weighted by molar-refractivity contribution is -0.901. The van der Waals surface area contributed by atoms with Gasteiger partial charge in [0, 0.05) is 29.5 Å². The molecule has 0 radical (unpaired) electrons. The van der Waals surface area contributed by atoms with Gasteiger partial charge in [0.2, 0.25) is 0 Å². The van der Waals surface area contributed by atoms with Gasteiger partial charge in [-0.25, -0.2) is 0 Å². The van der Waals surface area contributed by atoms with Crippen LogP contribution in [-0.4, -0.2) is 24.0 Å². The Morgan fingerprint density at radius 1 is 1.33 bits per heavy atom. The number of hydrogen-bond acceptors (Lipinski definition) is 3. The molecule has 21 heavy (non-hydrogen) atoms. The lowest BCUT2D eigenvalue weighted by Crippen LogP contribution is -3.08. The van der Waals surface area contributed by atoms with E-state index < -0.39 is 5.97 Å². The Kier molecular flexibility index (Phi) is 3.51. The Morgan fingerprint density at radius 3 is 2.71 bits per heavy atom. The van der Waals surface area contributed by atoms with Gasteiger partial charge in [-0.15, -0.1) is 0 Å². The maximum absolute atomic E-state index is 12.7. The molecule has 2 heterocycles. The molecular weight excluding hydrogens is 268 g/mol. The summed E-state index contributed by atoms with van der Waals surface area (Å²) in [6.07, 6.45) is 2.41. The quantitative estimate of drug-likeness (QED) is 0.789. The van der Waals surface area contributed by atoms with Gasteiger partial charge in [0.05, 0.1) is 30.1 Å². The fourth-order valence-electron chi connectivity index (χ4n) is 3.16. The molecule has 1 aliphatic rings. The van der Waals surface area contributed by atoms with Gasteiger partial charge in [-0.3, -0.25) is 4.79 Å². The lowest BCUT2D eigenvalue weighted by Gasteiger charge is -2.15. The molecule has 0 atom stereocenters. The van der Waals surface area contributed by atoms with Crippen molar-refractivity contribution in [1.29, 1.82) is 0 Å². The third-order valence-corrected chi connectivity index (χ3v) is 4.31. The van der Waals surface area contributed by atoms with Crippen molar-refractivity contribution >= 4 is 16.9 Å². The number of H-pyrrole nitrogens is 1. The molecule has 0 aliphatic carbocycles. The minimum absolute atomic E-state index is 0.0350. The van der Waals surface area contributed by atoms with Crippen molar-refractivity contribution < 1.29 is 14.8 Å². The highest BCUT2D eigenvalue weighted by molar-refractivity contribution is 6.00. The molecule has 0 unspecified atom stereocenters. The van der Waals surface area contributed by atoms with Gasteiger partial charge in [-0.2, -0.15) is 0 Å². The molecule has 1 aromatic carbocycles. The van der Waals surface area contributed by atoms with Crippen LogP contribution >= 0.6 is 0 Å². The number of aromatic nitrogens is 1. The highest BCUT2D eigenvalue weighted by atomic mass is 16.4. The Balaban J connectivity index is 2.15. The number of likely N-dealkylation sites (tertiary alicyclic amines) is 1. The number of quaternary nitrogens is 1. The molecule has 0 saturated carbocycles. The zero-order valence-electron chi connectivity index (χ0n) is 12.0. The number of carboxylic acid groups (broad SMARTS) is 1. The van der Waals surface area contributed by atoms with E-state index in [1.807, 2.05) is 6.92 Å². The van der Waals surface area contributed by atoms with Crippen LogP contribution in [0.3, 0.4) is 0 Å². The van der Waals surface area contributed by atoms with E-state index in [1.54, 1.807) is 12.1 Å². The molecule has 1 aromatic heterocycles. The highest BCUT2D eigenvalue weighted by Gasteiger charge is 2.20. The van der Waals surface area contributed by atoms with Crippen molar-refractivity contribution in [1.82, 2.24) is 4.98 Å². The number of aromatic amines is 1. The number of aromatic carboxylic acids is 1. The number of carboxylic acids is 1. The van der Waals surface area contributed by atoms with Crippen LogP contribution in [0.2, 0.25) is 0 Å². The van der Waals surface area contributed by atoms with Crippen molar-refractivity contribution in [3.63, 3.8) is 0 Å². The van der Waals surface area contributed by atoms with Gasteiger partial charge in [-0.05, 0) is 13.0 Å². The number of rotatable bonds is 3. The fourth-order valence-corrected chi connectivity index (χ4v) is 3.16. The van der Waals surface area contributed by atoms with Crippen molar-refractivity contribution in [3.8, 4) is 0 Å².